The van der Waals surface area contributed by atoms with Crippen LogP contribution in [0, 0.1) is 5.92 Å². The molecule has 0 radical (unpaired) electrons. The van der Waals surface area contributed by atoms with E-state index in [1.54, 1.807) is 7.11 Å². The molecular formula is C11H23NO4. The summed E-state index contributed by atoms with van der Waals surface area (Å²) in [5.74, 6) is -0.216. The Morgan fingerprint density at radius 2 is 1.88 bits per heavy atom. The molecule has 0 aromatic heterocycles. The van der Waals surface area contributed by atoms with Gasteiger partial charge in [-0.1, -0.05) is 20.3 Å². The summed E-state index contributed by atoms with van der Waals surface area (Å²) in [6, 6.07) is -0.538. The van der Waals surface area contributed by atoms with Crippen molar-refractivity contribution in [2.75, 3.05) is 33.5 Å². The molecule has 16 heavy (non-hydrogen) atoms. The van der Waals surface area contributed by atoms with Gasteiger partial charge in [-0.15, -0.1) is 0 Å². The lowest BCUT2D eigenvalue weighted by molar-refractivity contribution is -0.148. The molecule has 0 saturated heterocycles. The number of rotatable bonds is 9. The van der Waals surface area contributed by atoms with Crippen molar-refractivity contribution in [1.29, 1.82) is 0 Å². The summed E-state index contributed by atoms with van der Waals surface area (Å²) in [7, 11) is 1.61. The van der Waals surface area contributed by atoms with Gasteiger partial charge < -0.3 is 19.9 Å². The zero-order valence-corrected chi connectivity index (χ0v) is 10.4. The third-order valence-electron chi connectivity index (χ3n) is 2.43. The van der Waals surface area contributed by atoms with Gasteiger partial charge in [0.25, 0.3) is 0 Å². The molecule has 96 valence electrons. The topological polar surface area (TPSA) is 70.8 Å². The van der Waals surface area contributed by atoms with E-state index in [9.17, 15) is 4.79 Å². The number of methoxy groups -OCH3 is 1. The van der Waals surface area contributed by atoms with Crippen LogP contribution < -0.4 is 5.73 Å². The highest BCUT2D eigenvalue weighted by Crippen LogP contribution is 2.06. The van der Waals surface area contributed by atoms with Gasteiger partial charge in [-0.25, -0.2) is 0 Å². The second-order valence-electron chi connectivity index (χ2n) is 3.68. The number of esters is 1. The van der Waals surface area contributed by atoms with Crippen LogP contribution in [0.1, 0.15) is 20.3 Å². The Hall–Kier alpha value is -0.650. The molecule has 0 aromatic rings. The molecular weight excluding hydrogens is 210 g/mol. The average Bonchev–Trinajstić information content (AvgIpc) is 2.31. The van der Waals surface area contributed by atoms with Crippen molar-refractivity contribution in [3.05, 3.63) is 0 Å². The van der Waals surface area contributed by atoms with E-state index in [0.717, 1.165) is 6.42 Å². The molecule has 1 unspecified atom stereocenters. The zero-order chi connectivity index (χ0) is 12.4. The van der Waals surface area contributed by atoms with Gasteiger partial charge in [-0.3, -0.25) is 4.79 Å². The van der Waals surface area contributed by atoms with E-state index in [4.69, 9.17) is 19.9 Å². The van der Waals surface area contributed by atoms with Crippen LogP contribution in [0.25, 0.3) is 0 Å². The van der Waals surface area contributed by atoms with E-state index in [0.29, 0.717) is 19.8 Å². The monoisotopic (exact) mass is 233 g/mol. The molecule has 0 saturated carbocycles. The summed E-state index contributed by atoms with van der Waals surface area (Å²) in [6.07, 6.45) is 0.862. The fraction of sp³-hybridized carbons (Fsp3) is 0.909. The van der Waals surface area contributed by atoms with Gasteiger partial charge in [0.2, 0.25) is 0 Å². The molecule has 0 aliphatic heterocycles. The van der Waals surface area contributed by atoms with Gasteiger partial charge in [0.15, 0.2) is 0 Å². The Labute approximate surface area is 97.2 Å². The first-order chi connectivity index (χ1) is 7.63. The van der Waals surface area contributed by atoms with Gasteiger partial charge in [-0.05, 0) is 5.92 Å². The van der Waals surface area contributed by atoms with Crippen molar-refractivity contribution in [3.63, 3.8) is 0 Å². The maximum absolute atomic E-state index is 11.4. The normalized spacial score (nSPS) is 14.5. The lowest BCUT2D eigenvalue weighted by Gasteiger charge is -2.16. The molecule has 0 heterocycles. The van der Waals surface area contributed by atoms with E-state index in [1.165, 1.54) is 0 Å². The van der Waals surface area contributed by atoms with E-state index in [-0.39, 0.29) is 18.5 Å². The summed E-state index contributed by atoms with van der Waals surface area (Å²) in [6.45, 7) is 5.59. The predicted octanol–water partition coefficient (Wildman–Crippen LogP) is 0.566. The standard InChI is InChI=1S/C11H23NO4/c1-4-9(2)10(12)11(13)16-8-7-15-6-5-14-3/h9-10H,4-8,12H2,1-3H3/t9?,10-/m0/s1. The summed E-state index contributed by atoms with van der Waals surface area (Å²) in [4.78, 5) is 11.4. The molecule has 0 spiro atoms. The van der Waals surface area contributed by atoms with Crippen LogP contribution in [0.3, 0.4) is 0 Å². The van der Waals surface area contributed by atoms with Crippen molar-refractivity contribution in [2.24, 2.45) is 11.7 Å². The molecule has 0 amide bonds. The Morgan fingerprint density at radius 3 is 2.44 bits per heavy atom. The first-order valence-electron chi connectivity index (χ1n) is 5.62. The number of hydrogen-bond acceptors (Lipinski definition) is 5. The van der Waals surface area contributed by atoms with E-state index in [1.807, 2.05) is 13.8 Å². The van der Waals surface area contributed by atoms with Crippen LogP contribution in [-0.4, -0.2) is 45.5 Å². The number of carbonyl (C=O) groups excluding carboxylic acids is 1. The summed E-state index contributed by atoms with van der Waals surface area (Å²) in [5, 5.41) is 0. The van der Waals surface area contributed by atoms with E-state index < -0.39 is 6.04 Å². The Bertz CT molecular complexity index is 187. The minimum atomic E-state index is -0.538. The van der Waals surface area contributed by atoms with Gasteiger partial charge in [0.05, 0.1) is 19.8 Å². The van der Waals surface area contributed by atoms with E-state index >= 15 is 0 Å². The van der Waals surface area contributed by atoms with Crippen LogP contribution in [0.4, 0.5) is 0 Å². The molecule has 5 heteroatoms. The SMILES string of the molecule is CCC(C)[C@H](N)C(=O)OCCOCCOC. The highest BCUT2D eigenvalue weighted by molar-refractivity contribution is 5.75. The Kier molecular flexibility index (Phi) is 9.18. The van der Waals surface area contributed by atoms with Crippen molar-refractivity contribution >= 4 is 5.97 Å². The minimum absolute atomic E-state index is 0.141. The zero-order valence-electron chi connectivity index (χ0n) is 10.4. The van der Waals surface area contributed by atoms with Crippen LogP contribution in [0.5, 0.6) is 0 Å². The Balaban J connectivity index is 3.50. The molecule has 2 atom stereocenters. The quantitative estimate of drug-likeness (QED) is 0.465. The molecule has 0 aliphatic rings. The van der Waals surface area contributed by atoms with Crippen molar-refractivity contribution in [2.45, 2.75) is 26.3 Å². The molecule has 0 bridgehead atoms. The minimum Gasteiger partial charge on any atom is -0.462 e. The largest absolute Gasteiger partial charge is 0.462 e. The summed E-state index contributed by atoms with van der Waals surface area (Å²) < 4.78 is 14.9. The fourth-order valence-corrected chi connectivity index (χ4v) is 1.03. The third kappa shape index (κ3) is 6.76. The van der Waals surface area contributed by atoms with Gasteiger partial charge >= 0.3 is 5.97 Å². The number of carbonyl (C=O) groups is 1. The molecule has 2 N–H and O–H groups in total. The highest BCUT2D eigenvalue weighted by Gasteiger charge is 2.20. The van der Waals surface area contributed by atoms with Crippen molar-refractivity contribution < 1.29 is 19.0 Å². The first-order valence-corrected chi connectivity index (χ1v) is 5.62. The second-order valence-corrected chi connectivity index (χ2v) is 3.68. The maximum Gasteiger partial charge on any atom is 0.323 e. The highest BCUT2D eigenvalue weighted by atomic mass is 16.6. The van der Waals surface area contributed by atoms with E-state index in [2.05, 4.69) is 0 Å². The smallest absolute Gasteiger partial charge is 0.323 e. The van der Waals surface area contributed by atoms with Crippen LogP contribution in [0.2, 0.25) is 0 Å². The maximum atomic E-state index is 11.4. The lowest BCUT2D eigenvalue weighted by atomic mass is 10.0. The van der Waals surface area contributed by atoms with Gasteiger partial charge in [0, 0.05) is 7.11 Å². The molecule has 0 aliphatic carbocycles. The number of ether oxygens (including phenoxy) is 3. The molecule has 0 aromatic carbocycles. The molecule has 0 rings (SSSR count). The number of hydrogen-bond donors (Lipinski definition) is 1. The summed E-state index contributed by atoms with van der Waals surface area (Å²) >= 11 is 0. The molecule has 0 fully saturated rings. The second kappa shape index (κ2) is 9.57. The van der Waals surface area contributed by atoms with Crippen LogP contribution >= 0.6 is 0 Å². The predicted molar refractivity (Wildman–Crippen MR) is 61.1 cm³/mol. The third-order valence-corrected chi connectivity index (χ3v) is 2.43. The lowest BCUT2D eigenvalue weighted by Crippen LogP contribution is -2.38. The first kappa shape index (κ1) is 15.3. The summed E-state index contributed by atoms with van der Waals surface area (Å²) in [5.41, 5.74) is 5.70. The van der Waals surface area contributed by atoms with Crippen molar-refractivity contribution in [1.82, 2.24) is 0 Å². The van der Waals surface area contributed by atoms with Crippen LogP contribution in [0.15, 0.2) is 0 Å². The average molecular weight is 233 g/mol. The fourth-order valence-electron chi connectivity index (χ4n) is 1.03. The van der Waals surface area contributed by atoms with Gasteiger partial charge in [0.1, 0.15) is 12.6 Å². The van der Waals surface area contributed by atoms with Gasteiger partial charge in [-0.2, -0.15) is 0 Å². The molecule has 5 nitrogen and oxygen atoms in total. The number of nitrogens with two attached hydrogens (primary N) is 1. The van der Waals surface area contributed by atoms with Crippen LogP contribution in [-0.2, 0) is 19.0 Å². The Morgan fingerprint density at radius 1 is 1.25 bits per heavy atom. The van der Waals surface area contributed by atoms with Crippen molar-refractivity contribution in [3.8, 4) is 0 Å².